The average molecular weight is 217 g/mol. The molecular weight excluding hydrogens is 198 g/mol. The Labute approximate surface area is 97.7 Å². The van der Waals surface area contributed by atoms with E-state index in [-0.39, 0.29) is 11.6 Å². The molecule has 0 saturated heterocycles. The maximum Gasteiger partial charge on any atom is 0.120 e. The highest BCUT2D eigenvalue weighted by atomic mass is 16.3. The summed E-state index contributed by atoms with van der Waals surface area (Å²) < 4.78 is 0. The van der Waals surface area contributed by atoms with Crippen LogP contribution in [-0.4, -0.2) is 10.6 Å². The Balaban J connectivity index is 2.93. The molecule has 0 fully saturated rings. The number of aromatic hydroxyl groups is 1. The van der Waals surface area contributed by atoms with E-state index in [1.54, 1.807) is 6.07 Å². The minimum atomic E-state index is -0.379. The van der Waals surface area contributed by atoms with Crippen LogP contribution in [0, 0.1) is 19.3 Å². The van der Waals surface area contributed by atoms with Gasteiger partial charge in [0.05, 0.1) is 5.54 Å². The first kappa shape index (κ1) is 12.6. The highest BCUT2D eigenvalue weighted by Gasteiger charge is 2.19. The van der Waals surface area contributed by atoms with Gasteiger partial charge in [0.2, 0.25) is 0 Å². The molecule has 0 bridgehead atoms. The second-order valence-electron chi connectivity index (χ2n) is 4.70. The number of nitrogens with one attached hydrogen (secondary N) is 1. The first-order valence-corrected chi connectivity index (χ1v) is 5.41. The lowest BCUT2D eigenvalue weighted by molar-refractivity contribution is 0.409. The normalized spacial score (nSPS) is 13.2. The van der Waals surface area contributed by atoms with Gasteiger partial charge >= 0.3 is 0 Å². The Morgan fingerprint density at radius 2 is 2.06 bits per heavy atom. The molecule has 0 amide bonds. The van der Waals surface area contributed by atoms with Crippen LogP contribution in [0.2, 0.25) is 0 Å². The molecule has 1 atom stereocenters. The Bertz CT molecular complexity index is 415. The number of phenols is 1. The quantitative estimate of drug-likeness (QED) is 0.763. The second-order valence-corrected chi connectivity index (χ2v) is 4.70. The van der Waals surface area contributed by atoms with Crippen molar-refractivity contribution in [3.05, 3.63) is 29.3 Å². The zero-order valence-electron chi connectivity index (χ0n) is 10.3. The van der Waals surface area contributed by atoms with Crippen molar-refractivity contribution in [2.75, 3.05) is 0 Å². The van der Waals surface area contributed by atoms with Crippen molar-refractivity contribution in [1.82, 2.24) is 5.32 Å². The highest BCUT2D eigenvalue weighted by Crippen LogP contribution is 2.26. The molecule has 16 heavy (non-hydrogen) atoms. The van der Waals surface area contributed by atoms with E-state index in [1.807, 2.05) is 39.8 Å². The van der Waals surface area contributed by atoms with Crippen LogP contribution >= 0.6 is 0 Å². The Morgan fingerprint density at radius 1 is 1.44 bits per heavy atom. The fourth-order valence-electron chi connectivity index (χ4n) is 1.68. The van der Waals surface area contributed by atoms with Crippen LogP contribution in [-0.2, 0) is 0 Å². The number of phenolic OH excluding ortho intramolecular Hbond substituents is 1. The number of benzene rings is 1. The van der Waals surface area contributed by atoms with Crippen LogP contribution in [0.15, 0.2) is 18.2 Å². The van der Waals surface area contributed by atoms with Crippen molar-refractivity contribution >= 4 is 0 Å². The van der Waals surface area contributed by atoms with E-state index in [1.165, 1.54) is 0 Å². The molecule has 2 nitrogen and oxygen atoms in total. The molecule has 0 heterocycles. The predicted octanol–water partition coefficient (Wildman–Crippen LogP) is 2.76. The van der Waals surface area contributed by atoms with Gasteiger partial charge in [0, 0.05) is 11.6 Å². The minimum Gasteiger partial charge on any atom is -0.508 e. The summed E-state index contributed by atoms with van der Waals surface area (Å²) in [5.41, 5.74) is 1.62. The van der Waals surface area contributed by atoms with E-state index in [4.69, 9.17) is 6.42 Å². The van der Waals surface area contributed by atoms with Gasteiger partial charge in [0.15, 0.2) is 0 Å². The van der Waals surface area contributed by atoms with E-state index in [2.05, 4.69) is 11.2 Å². The number of hydrogen-bond donors (Lipinski definition) is 2. The summed E-state index contributed by atoms with van der Waals surface area (Å²) in [4.78, 5) is 0. The fraction of sp³-hybridized carbons (Fsp3) is 0.429. The van der Waals surface area contributed by atoms with Crippen molar-refractivity contribution in [2.24, 2.45) is 0 Å². The Hall–Kier alpha value is -1.46. The summed E-state index contributed by atoms with van der Waals surface area (Å²) in [6, 6.07) is 5.59. The lowest BCUT2D eigenvalue weighted by Gasteiger charge is -2.26. The molecule has 0 aliphatic carbocycles. The number of hydrogen-bond acceptors (Lipinski definition) is 2. The van der Waals surface area contributed by atoms with Crippen molar-refractivity contribution in [3.63, 3.8) is 0 Å². The molecule has 1 aromatic rings. The van der Waals surface area contributed by atoms with Gasteiger partial charge in [0.1, 0.15) is 5.75 Å². The molecular formula is C14H19NO. The van der Waals surface area contributed by atoms with Crippen molar-refractivity contribution in [3.8, 4) is 18.1 Å². The first-order valence-electron chi connectivity index (χ1n) is 5.41. The van der Waals surface area contributed by atoms with E-state index >= 15 is 0 Å². The van der Waals surface area contributed by atoms with Gasteiger partial charge in [-0.25, -0.2) is 0 Å². The van der Waals surface area contributed by atoms with Crippen LogP contribution in [0.3, 0.4) is 0 Å². The third-order valence-corrected chi connectivity index (χ3v) is 2.59. The van der Waals surface area contributed by atoms with Crippen molar-refractivity contribution in [2.45, 2.75) is 39.3 Å². The molecule has 0 saturated carbocycles. The molecule has 0 spiro atoms. The largest absolute Gasteiger partial charge is 0.508 e. The van der Waals surface area contributed by atoms with Crippen LogP contribution < -0.4 is 5.32 Å². The summed E-state index contributed by atoms with van der Waals surface area (Å²) in [5.74, 6) is 2.99. The summed E-state index contributed by atoms with van der Waals surface area (Å²) in [6.07, 6.45) is 5.43. The van der Waals surface area contributed by atoms with Gasteiger partial charge < -0.3 is 5.11 Å². The maximum absolute atomic E-state index is 9.78. The Kier molecular flexibility index (Phi) is 3.62. The maximum atomic E-state index is 9.78. The SMILES string of the molecule is C#CC(C)(C)NC(C)c1cc(C)ccc1O. The average Bonchev–Trinajstić information content (AvgIpc) is 2.21. The lowest BCUT2D eigenvalue weighted by Crippen LogP contribution is -2.39. The molecule has 0 aromatic heterocycles. The molecule has 0 aliphatic heterocycles. The number of aryl methyl sites for hydroxylation is 1. The van der Waals surface area contributed by atoms with Crippen LogP contribution in [0.4, 0.5) is 0 Å². The summed E-state index contributed by atoms with van der Waals surface area (Å²) in [7, 11) is 0. The second kappa shape index (κ2) is 4.59. The van der Waals surface area contributed by atoms with Gasteiger partial charge in [-0.15, -0.1) is 6.42 Å². The van der Waals surface area contributed by atoms with Crippen molar-refractivity contribution in [1.29, 1.82) is 0 Å². The topological polar surface area (TPSA) is 32.3 Å². The Morgan fingerprint density at radius 3 is 2.62 bits per heavy atom. The van der Waals surface area contributed by atoms with E-state index in [9.17, 15) is 5.11 Å². The molecule has 0 aliphatic rings. The zero-order chi connectivity index (χ0) is 12.3. The summed E-state index contributed by atoms with van der Waals surface area (Å²) in [6.45, 7) is 7.88. The molecule has 1 aromatic carbocycles. The molecule has 1 rings (SSSR count). The number of terminal acetylenes is 1. The predicted molar refractivity (Wildman–Crippen MR) is 67.3 cm³/mol. The minimum absolute atomic E-state index is 0.0194. The molecule has 0 radical (unpaired) electrons. The molecule has 2 N–H and O–H groups in total. The van der Waals surface area contributed by atoms with E-state index in [0.29, 0.717) is 5.75 Å². The molecule has 1 unspecified atom stereocenters. The van der Waals surface area contributed by atoms with E-state index in [0.717, 1.165) is 11.1 Å². The van der Waals surface area contributed by atoms with E-state index < -0.39 is 0 Å². The van der Waals surface area contributed by atoms with Crippen LogP contribution in [0.5, 0.6) is 5.75 Å². The number of rotatable bonds is 3. The van der Waals surface area contributed by atoms with Gasteiger partial charge in [-0.2, -0.15) is 0 Å². The summed E-state index contributed by atoms with van der Waals surface area (Å²) >= 11 is 0. The summed E-state index contributed by atoms with van der Waals surface area (Å²) in [5, 5.41) is 13.1. The standard InChI is InChI=1S/C14H19NO/c1-6-14(4,5)15-11(3)12-9-10(2)7-8-13(12)16/h1,7-9,11,15-16H,2-5H3. The smallest absolute Gasteiger partial charge is 0.120 e. The monoisotopic (exact) mass is 217 g/mol. The lowest BCUT2D eigenvalue weighted by atomic mass is 10.00. The van der Waals surface area contributed by atoms with Gasteiger partial charge in [-0.1, -0.05) is 23.6 Å². The van der Waals surface area contributed by atoms with Crippen LogP contribution in [0.25, 0.3) is 0 Å². The van der Waals surface area contributed by atoms with Gasteiger partial charge in [-0.3, -0.25) is 5.32 Å². The van der Waals surface area contributed by atoms with Crippen LogP contribution in [0.1, 0.15) is 37.9 Å². The van der Waals surface area contributed by atoms with Gasteiger partial charge in [0.25, 0.3) is 0 Å². The third-order valence-electron chi connectivity index (χ3n) is 2.59. The third kappa shape index (κ3) is 3.01. The molecule has 2 heteroatoms. The first-order chi connectivity index (χ1) is 7.35. The molecule has 86 valence electrons. The fourth-order valence-corrected chi connectivity index (χ4v) is 1.68. The zero-order valence-corrected chi connectivity index (χ0v) is 10.3. The van der Waals surface area contributed by atoms with Crippen molar-refractivity contribution < 1.29 is 5.11 Å². The highest BCUT2D eigenvalue weighted by molar-refractivity contribution is 5.38. The van der Waals surface area contributed by atoms with Gasteiger partial charge in [-0.05, 0) is 33.8 Å².